The third-order valence-electron chi connectivity index (χ3n) is 4.31. The van der Waals surface area contributed by atoms with Crippen LogP contribution in [0, 0.1) is 12.8 Å². The van der Waals surface area contributed by atoms with Gasteiger partial charge in [-0.25, -0.2) is 8.78 Å². The minimum absolute atomic E-state index is 0.0302. The third-order valence-corrected chi connectivity index (χ3v) is 4.31. The van der Waals surface area contributed by atoms with E-state index in [1.54, 1.807) is 25.1 Å². The maximum absolute atomic E-state index is 13.1. The van der Waals surface area contributed by atoms with Crippen molar-refractivity contribution in [1.29, 1.82) is 0 Å². The van der Waals surface area contributed by atoms with Crippen LogP contribution >= 0.6 is 0 Å². The molecule has 1 unspecified atom stereocenters. The van der Waals surface area contributed by atoms with Gasteiger partial charge in [-0.15, -0.1) is 0 Å². The summed E-state index contributed by atoms with van der Waals surface area (Å²) in [5.74, 6) is -2.89. The number of alkyl halides is 2. The fraction of sp³-hybridized carbons (Fsp3) is 0.562. The van der Waals surface area contributed by atoms with Crippen LogP contribution < -0.4 is 5.32 Å². The minimum Gasteiger partial charge on any atom is -0.507 e. The van der Waals surface area contributed by atoms with E-state index in [1.807, 2.05) is 6.92 Å². The summed E-state index contributed by atoms with van der Waals surface area (Å²) in [5.41, 5.74) is 0.857. The fourth-order valence-corrected chi connectivity index (χ4v) is 2.81. The highest BCUT2D eigenvalue weighted by Crippen LogP contribution is 2.37. The van der Waals surface area contributed by atoms with Crippen molar-refractivity contribution in [2.24, 2.45) is 5.92 Å². The molecule has 1 atom stereocenters. The highest BCUT2D eigenvalue weighted by molar-refractivity contribution is 5.97. The van der Waals surface area contributed by atoms with Gasteiger partial charge in [0.2, 0.25) is 5.92 Å². The number of phenolic OH excluding ortho intramolecular Hbond substituents is 1. The van der Waals surface area contributed by atoms with Gasteiger partial charge in [0.25, 0.3) is 5.91 Å². The number of hydrogen-bond donors (Lipinski definition) is 2. The molecule has 0 aromatic heterocycles. The number of halogens is 2. The van der Waals surface area contributed by atoms with Gasteiger partial charge in [-0.1, -0.05) is 12.1 Å². The van der Waals surface area contributed by atoms with Crippen LogP contribution in [0.2, 0.25) is 0 Å². The van der Waals surface area contributed by atoms with Crippen molar-refractivity contribution < 1.29 is 18.7 Å². The molecule has 0 spiro atoms. The largest absolute Gasteiger partial charge is 0.507 e. The molecular weight excluding hydrogens is 276 g/mol. The summed E-state index contributed by atoms with van der Waals surface area (Å²) in [6, 6.07) is 4.79. The molecule has 1 saturated carbocycles. The smallest absolute Gasteiger partial charge is 0.255 e. The first kappa shape index (κ1) is 15.7. The van der Waals surface area contributed by atoms with E-state index in [-0.39, 0.29) is 42.0 Å². The number of carbonyl (C=O) groups excluding carboxylic acids is 1. The molecule has 3 nitrogen and oxygen atoms in total. The second-order valence-electron chi connectivity index (χ2n) is 5.93. The van der Waals surface area contributed by atoms with Gasteiger partial charge in [0, 0.05) is 18.9 Å². The molecule has 1 aromatic rings. The topological polar surface area (TPSA) is 49.3 Å². The molecule has 0 heterocycles. The first-order valence-electron chi connectivity index (χ1n) is 7.27. The first-order valence-corrected chi connectivity index (χ1v) is 7.27. The lowest BCUT2D eigenvalue weighted by atomic mass is 9.82. The van der Waals surface area contributed by atoms with E-state index in [9.17, 15) is 18.7 Å². The molecule has 5 heteroatoms. The molecule has 116 valence electrons. The Morgan fingerprint density at radius 2 is 2.00 bits per heavy atom. The minimum atomic E-state index is -2.56. The molecular formula is C16H21F2NO2. The second-order valence-corrected chi connectivity index (χ2v) is 5.93. The summed E-state index contributed by atoms with van der Waals surface area (Å²) in [4.78, 5) is 12.2. The average molecular weight is 297 g/mol. The van der Waals surface area contributed by atoms with E-state index >= 15 is 0 Å². The summed E-state index contributed by atoms with van der Waals surface area (Å²) >= 11 is 0. The van der Waals surface area contributed by atoms with E-state index in [4.69, 9.17) is 0 Å². The van der Waals surface area contributed by atoms with E-state index < -0.39 is 5.92 Å². The second kappa shape index (κ2) is 6.00. The quantitative estimate of drug-likeness (QED) is 0.894. The highest BCUT2D eigenvalue weighted by Gasteiger charge is 2.37. The zero-order chi connectivity index (χ0) is 15.6. The van der Waals surface area contributed by atoms with Gasteiger partial charge in [-0.05, 0) is 44.2 Å². The Bertz CT molecular complexity index is 521. The SMILES string of the molecule is Cc1cccc(C(=O)NC(C)C2CCC(F)(F)CC2)c1O. The number of nitrogens with one attached hydrogen (secondary N) is 1. The maximum atomic E-state index is 13.1. The van der Waals surface area contributed by atoms with Crippen LogP contribution in [0.3, 0.4) is 0 Å². The Morgan fingerprint density at radius 3 is 2.62 bits per heavy atom. The van der Waals surface area contributed by atoms with Gasteiger partial charge in [0.1, 0.15) is 5.75 Å². The number of hydrogen-bond acceptors (Lipinski definition) is 2. The van der Waals surface area contributed by atoms with Crippen molar-refractivity contribution in [3.8, 4) is 5.75 Å². The maximum Gasteiger partial charge on any atom is 0.255 e. The van der Waals surface area contributed by atoms with Crippen molar-refractivity contribution in [3.63, 3.8) is 0 Å². The lowest BCUT2D eigenvalue weighted by Crippen LogP contribution is -2.41. The number of phenols is 1. The highest BCUT2D eigenvalue weighted by atomic mass is 19.3. The molecule has 1 aliphatic carbocycles. The first-order chi connectivity index (χ1) is 9.80. The number of para-hydroxylation sites is 1. The molecule has 21 heavy (non-hydrogen) atoms. The van der Waals surface area contributed by atoms with Gasteiger partial charge in [0.05, 0.1) is 5.56 Å². The Balaban J connectivity index is 1.98. The normalized spacial score (nSPS) is 20.0. The van der Waals surface area contributed by atoms with E-state index in [1.165, 1.54) is 0 Å². The number of rotatable bonds is 3. The standard InChI is InChI=1S/C16H21F2NO2/c1-10-4-3-5-13(14(10)20)15(21)19-11(2)12-6-8-16(17,18)9-7-12/h3-5,11-12,20H,6-9H2,1-2H3,(H,19,21). The van der Waals surface area contributed by atoms with Crippen molar-refractivity contribution in [2.45, 2.75) is 51.5 Å². The lowest BCUT2D eigenvalue weighted by molar-refractivity contribution is -0.0485. The van der Waals surface area contributed by atoms with Crippen LogP contribution in [-0.4, -0.2) is 23.0 Å². The van der Waals surface area contributed by atoms with Crippen LogP contribution in [0.5, 0.6) is 5.75 Å². The number of carbonyl (C=O) groups is 1. The Hall–Kier alpha value is -1.65. The summed E-state index contributed by atoms with van der Waals surface area (Å²) in [7, 11) is 0. The molecule has 1 aromatic carbocycles. The summed E-state index contributed by atoms with van der Waals surface area (Å²) in [5, 5.41) is 12.7. The molecule has 0 saturated heterocycles. The van der Waals surface area contributed by atoms with Crippen LogP contribution in [0.25, 0.3) is 0 Å². The zero-order valence-corrected chi connectivity index (χ0v) is 12.3. The van der Waals surface area contributed by atoms with E-state index in [0.717, 1.165) is 0 Å². The average Bonchev–Trinajstić information content (AvgIpc) is 2.41. The Morgan fingerprint density at radius 1 is 1.38 bits per heavy atom. The molecule has 0 aliphatic heterocycles. The number of aromatic hydroxyl groups is 1. The van der Waals surface area contributed by atoms with Crippen molar-refractivity contribution in [1.82, 2.24) is 5.32 Å². The van der Waals surface area contributed by atoms with Crippen LogP contribution in [0.4, 0.5) is 8.78 Å². The van der Waals surface area contributed by atoms with E-state index in [2.05, 4.69) is 5.32 Å². The van der Waals surface area contributed by atoms with Crippen LogP contribution in [0.15, 0.2) is 18.2 Å². The van der Waals surface area contributed by atoms with Crippen LogP contribution in [0.1, 0.15) is 48.5 Å². The van der Waals surface area contributed by atoms with Crippen LogP contribution in [-0.2, 0) is 0 Å². The van der Waals surface area contributed by atoms with Crippen molar-refractivity contribution in [2.75, 3.05) is 0 Å². The lowest BCUT2D eigenvalue weighted by Gasteiger charge is -2.32. The predicted molar refractivity (Wildman–Crippen MR) is 76.7 cm³/mol. The van der Waals surface area contributed by atoms with Gasteiger partial charge in [-0.2, -0.15) is 0 Å². The number of aryl methyl sites for hydroxylation is 1. The molecule has 1 amide bonds. The zero-order valence-electron chi connectivity index (χ0n) is 12.3. The summed E-state index contributed by atoms with van der Waals surface area (Å²) in [6.45, 7) is 3.55. The van der Waals surface area contributed by atoms with Gasteiger partial charge < -0.3 is 10.4 Å². The number of amides is 1. The summed E-state index contributed by atoms with van der Waals surface area (Å²) < 4.78 is 26.3. The summed E-state index contributed by atoms with van der Waals surface area (Å²) in [6.07, 6.45) is 0.587. The molecule has 0 bridgehead atoms. The molecule has 0 radical (unpaired) electrons. The molecule has 1 aliphatic rings. The predicted octanol–water partition coefficient (Wildman–Crippen LogP) is 3.64. The van der Waals surface area contributed by atoms with Gasteiger partial charge in [0.15, 0.2) is 0 Å². The molecule has 2 N–H and O–H groups in total. The Kier molecular flexibility index (Phi) is 4.49. The van der Waals surface area contributed by atoms with Gasteiger partial charge >= 0.3 is 0 Å². The third kappa shape index (κ3) is 3.71. The molecule has 1 fully saturated rings. The monoisotopic (exact) mass is 297 g/mol. The fourth-order valence-electron chi connectivity index (χ4n) is 2.81. The van der Waals surface area contributed by atoms with Gasteiger partial charge in [-0.3, -0.25) is 4.79 Å². The van der Waals surface area contributed by atoms with E-state index in [0.29, 0.717) is 18.4 Å². The molecule has 2 rings (SSSR count). The van der Waals surface area contributed by atoms with Crippen molar-refractivity contribution >= 4 is 5.91 Å². The number of benzene rings is 1. The van der Waals surface area contributed by atoms with Crippen molar-refractivity contribution in [3.05, 3.63) is 29.3 Å². The Labute approximate surface area is 123 Å².